The first-order valence-electron chi connectivity index (χ1n) is 7.44. The smallest absolute Gasteiger partial charge is 0.0226 e. The molecule has 0 radical (unpaired) electrons. The third-order valence-electron chi connectivity index (χ3n) is 5.24. The molecule has 3 nitrogen and oxygen atoms in total. The SMILES string of the molecule is CCC1C2CNCC2CN1C1CCCN(C)C1. The number of rotatable bonds is 2. The van der Waals surface area contributed by atoms with Gasteiger partial charge in [0.15, 0.2) is 0 Å². The number of likely N-dealkylation sites (N-methyl/N-ethyl adjacent to an activating group) is 1. The minimum Gasteiger partial charge on any atom is -0.316 e. The van der Waals surface area contributed by atoms with Gasteiger partial charge in [0.25, 0.3) is 0 Å². The summed E-state index contributed by atoms with van der Waals surface area (Å²) in [5.41, 5.74) is 0. The number of hydrogen-bond acceptors (Lipinski definition) is 3. The molecule has 0 aromatic heterocycles. The average molecular weight is 237 g/mol. The first-order chi connectivity index (χ1) is 8.29. The number of nitrogens with one attached hydrogen (secondary N) is 1. The van der Waals surface area contributed by atoms with Gasteiger partial charge in [-0.25, -0.2) is 0 Å². The molecular formula is C14H27N3. The van der Waals surface area contributed by atoms with Gasteiger partial charge in [-0.1, -0.05) is 6.92 Å². The molecule has 1 N–H and O–H groups in total. The molecule has 0 bridgehead atoms. The summed E-state index contributed by atoms with van der Waals surface area (Å²) >= 11 is 0. The Bertz CT molecular complexity index is 268. The van der Waals surface area contributed by atoms with Crippen LogP contribution in [0, 0.1) is 11.8 Å². The zero-order valence-electron chi connectivity index (χ0n) is 11.4. The molecule has 3 heteroatoms. The van der Waals surface area contributed by atoms with Gasteiger partial charge >= 0.3 is 0 Å². The highest BCUT2D eigenvalue weighted by Gasteiger charge is 2.45. The molecule has 0 aromatic carbocycles. The number of likely N-dealkylation sites (tertiary alicyclic amines) is 2. The van der Waals surface area contributed by atoms with Crippen LogP contribution in [0.5, 0.6) is 0 Å². The van der Waals surface area contributed by atoms with Gasteiger partial charge in [-0.05, 0) is 57.8 Å². The van der Waals surface area contributed by atoms with Crippen LogP contribution in [0.15, 0.2) is 0 Å². The van der Waals surface area contributed by atoms with E-state index in [2.05, 4.69) is 29.1 Å². The van der Waals surface area contributed by atoms with Crippen LogP contribution >= 0.6 is 0 Å². The summed E-state index contributed by atoms with van der Waals surface area (Å²) in [6.45, 7) is 8.86. The highest BCUT2D eigenvalue weighted by Crippen LogP contribution is 2.36. The van der Waals surface area contributed by atoms with Crippen molar-refractivity contribution in [3.05, 3.63) is 0 Å². The number of fused-ring (bicyclic) bond motifs is 1. The molecule has 0 aliphatic carbocycles. The summed E-state index contributed by atoms with van der Waals surface area (Å²) in [7, 11) is 2.28. The Kier molecular flexibility index (Phi) is 3.42. The summed E-state index contributed by atoms with van der Waals surface area (Å²) in [5, 5.41) is 3.58. The van der Waals surface area contributed by atoms with E-state index in [1.807, 2.05) is 0 Å². The van der Waals surface area contributed by atoms with E-state index in [0.29, 0.717) is 0 Å². The van der Waals surface area contributed by atoms with Crippen molar-refractivity contribution in [1.29, 1.82) is 0 Å². The molecule has 0 saturated carbocycles. The zero-order valence-corrected chi connectivity index (χ0v) is 11.4. The minimum atomic E-state index is 0.837. The Morgan fingerprint density at radius 2 is 2.12 bits per heavy atom. The second-order valence-corrected chi connectivity index (χ2v) is 6.31. The summed E-state index contributed by atoms with van der Waals surface area (Å²) < 4.78 is 0. The topological polar surface area (TPSA) is 18.5 Å². The molecule has 0 spiro atoms. The molecular weight excluding hydrogens is 210 g/mol. The van der Waals surface area contributed by atoms with Crippen LogP contribution in [0.25, 0.3) is 0 Å². The molecule has 17 heavy (non-hydrogen) atoms. The predicted octanol–water partition coefficient (Wildman–Crippen LogP) is 1.01. The second-order valence-electron chi connectivity index (χ2n) is 6.31. The van der Waals surface area contributed by atoms with E-state index >= 15 is 0 Å². The van der Waals surface area contributed by atoms with Crippen LogP contribution in [0.1, 0.15) is 26.2 Å². The lowest BCUT2D eigenvalue weighted by molar-refractivity contribution is 0.0890. The van der Waals surface area contributed by atoms with Gasteiger partial charge in [-0.3, -0.25) is 4.90 Å². The quantitative estimate of drug-likeness (QED) is 0.773. The number of piperidine rings is 1. The normalized spacial score (nSPS) is 44.1. The Morgan fingerprint density at radius 1 is 1.24 bits per heavy atom. The van der Waals surface area contributed by atoms with Crippen molar-refractivity contribution < 1.29 is 0 Å². The van der Waals surface area contributed by atoms with Crippen molar-refractivity contribution in [3.63, 3.8) is 0 Å². The molecule has 3 aliphatic rings. The van der Waals surface area contributed by atoms with Crippen molar-refractivity contribution >= 4 is 0 Å². The van der Waals surface area contributed by atoms with Crippen LogP contribution in [-0.2, 0) is 0 Å². The monoisotopic (exact) mass is 237 g/mol. The van der Waals surface area contributed by atoms with Crippen LogP contribution in [-0.4, -0.2) is 61.7 Å². The van der Waals surface area contributed by atoms with Gasteiger partial charge < -0.3 is 10.2 Å². The highest BCUT2D eigenvalue weighted by atomic mass is 15.3. The van der Waals surface area contributed by atoms with Crippen molar-refractivity contribution in [2.45, 2.75) is 38.3 Å². The van der Waals surface area contributed by atoms with Gasteiger partial charge in [0, 0.05) is 25.2 Å². The van der Waals surface area contributed by atoms with Gasteiger partial charge in [-0.15, -0.1) is 0 Å². The standard InChI is InChI=1S/C14H27N3/c1-3-14-13-8-15-7-11(13)9-17(14)12-5-4-6-16(2)10-12/h11-15H,3-10H2,1-2H3. The number of nitrogens with zero attached hydrogens (tertiary/aromatic N) is 2. The van der Waals surface area contributed by atoms with E-state index in [0.717, 1.165) is 23.9 Å². The maximum absolute atomic E-state index is 3.58. The first kappa shape index (κ1) is 11.9. The van der Waals surface area contributed by atoms with E-state index in [1.165, 1.54) is 52.0 Å². The Labute approximate surface area is 106 Å². The van der Waals surface area contributed by atoms with Crippen molar-refractivity contribution in [2.75, 3.05) is 39.8 Å². The summed E-state index contributed by atoms with van der Waals surface area (Å²) in [4.78, 5) is 5.39. The fourth-order valence-electron chi connectivity index (χ4n) is 4.42. The van der Waals surface area contributed by atoms with Crippen LogP contribution in [0.3, 0.4) is 0 Å². The molecule has 0 amide bonds. The summed E-state index contributed by atoms with van der Waals surface area (Å²) in [5.74, 6) is 1.87. The Balaban J connectivity index is 1.70. The molecule has 3 fully saturated rings. The molecule has 3 rings (SSSR count). The molecule has 3 saturated heterocycles. The highest BCUT2D eigenvalue weighted by molar-refractivity contribution is 5.00. The predicted molar refractivity (Wildman–Crippen MR) is 71.2 cm³/mol. The third-order valence-corrected chi connectivity index (χ3v) is 5.24. The van der Waals surface area contributed by atoms with E-state index < -0.39 is 0 Å². The summed E-state index contributed by atoms with van der Waals surface area (Å²) in [6.07, 6.45) is 4.15. The number of hydrogen-bond donors (Lipinski definition) is 1. The maximum atomic E-state index is 3.58. The van der Waals surface area contributed by atoms with Gasteiger partial charge in [-0.2, -0.15) is 0 Å². The Hall–Kier alpha value is -0.120. The van der Waals surface area contributed by atoms with Gasteiger partial charge in [0.2, 0.25) is 0 Å². The van der Waals surface area contributed by atoms with Crippen molar-refractivity contribution in [1.82, 2.24) is 15.1 Å². The van der Waals surface area contributed by atoms with Crippen LogP contribution in [0.2, 0.25) is 0 Å². The minimum absolute atomic E-state index is 0.837. The molecule has 98 valence electrons. The largest absolute Gasteiger partial charge is 0.316 e. The first-order valence-corrected chi connectivity index (χ1v) is 7.44. The molecule has 3 heterocycles. The van der Waals surface area contributed by atoms with E-state index in [-0.39, 0.29) is 0 Å². The fraction of sp³-hybridized carbons (Fsp3) is 1.00. The summed E-state index contributed by atoms with van der Waals surface area (Å²) in [6, 6.07) is 1.69. The van der Waals surface area contributed by atoms with Crippen LogP contribution in [0.4, 0.5) is 0 Å². The molecule has 3 aliphatic heterocycles. The van der Waals surface area contributed by atoms with E-state index in [4.69, 9.17) is 0 Å². The lowest BCUT2D eigenvalue weighted by Gasteiger charge is -2.39. The molecule has 0 aromatic rings. The third kappa shape index (κ3) is 2.13. The second kappa shape index (κ2) is 4.87. The molecule has 4 atom stereocenters. The van der Waals surface area contributed by atoms with E-state index in [1.54, 1.807) is 0 Å². The lowest BCUT2D eigenvalue weighted by atomic mass is 9.92. The average Bonchev–Trinajstić information content (AvgIpc) is 2.88. The van der Waals surface area contributed by atoms with Gasteiger partial charge in [0.1, 0.15) is 0 Å². The van der Waals surface area contributed by atoms with Crippen LogP contribution < -0.4 is 5.32 Å². The van der Waals surface area contributed by atoms with E-state index in [9.17, 15) is 0 Å². The van der Waals surface area contributed by atoms with Crippen molar-refractivity contribution in [2.24, 2.45) is 11.8 Å². The van der Waals surface area contributed by atoms with Crippen molar-refractivity contribution in [3.8, 4) is 0 Å². The van der Waals surface area contributed by atoms with Gasteiger partial charge in [0.05, 0.1) is 0 Å². The maximum Gasteiger partial charge on any atom is 0.0226 e. The molecule has 4 unspecified atom stereocenters. The Morgan fingerprint density at radius 3 is 2.88 bits per heavy atom. The zero-order chi connectivity index (χ0) is 11.8. The lowest BCUT2D eigenvalue weighted by Crippen LogP contribution is -2.50. The fourth-order valence-corrected chi connectivity index (χ4v) is 4.42.